The first-order valence-corrected chi connectivity index (χ1v) is 27.9. The normalized spacial score (nSPS) is 12.6. The molecule has 0 rings (SSSR count). The molecular weight excluding hydrogens is 817 g/mol. The fourth-order valence-electron chi connectivity index (χ4n) is 7.70. The number of hydrogen-bond acceptors (Lipinski definition) is 6. The van der Waals surface area contributed by atoms with Crippen LogP contribution in [0.5, 0.6) is 0 Å². The number of rotatable bonds is 50. The van der Waals surface area contributed by atoms with Crippen molar-refractivity contribution >= 4 is 17.9 Å². The summed E-state index contributed by atoms with van der Waals surface area (Å²) in [6.45, 7) is 6.47. The number of ether oxygens (including phenoxy) is 3. The first kappa shape index (κ1) is 62.8. The van der Waals surface area contributed by atoms with Gasteiger partial charge in [0.15, 0.2) is 6.10 Å². The van der Waals surface area contributed by atoms with E-state index in [0.717, 1.165) is 109 Å². The minimum atomic E-state index is -0.788. The topological polar surface area (TPSA) is 78.9 Å². The van der Waals surface area contributed by atoms with E-state index in [1.54, 1.807) is 0 Å². The van der Waals surface area contributed by atoms with E-state index in [0.29, 0.717) is 19.3 Å². The SMILES string of the molecule is CC/C=C\C/C=C\C/C=C\C/C=C\CCCCCCCCC(=O)OCC(COC(=O)CCCCCC/C=C\CCCC)OC(=O)CCCCCCCCC/C=C\CCCCCCCCCC. The molecule has 0 amide bonds. The second kappa shape index (κ2) is 54.5. The van der Waals surface area contributed by atoms with Crippen LogP contribution in [0.15, 0.2) is 72.9 Å². The molecule has 0 spiro atoms. The second-order valence-corrected chi connectivity index (χ2v) is 18.5. The van der Waals surface area contributed by atoms with Crippen molar-refractivity contribution in [3.8, 4) is 0 Å². The monoisotopic (exact) mass is 921 g/mol. The molecule has 0 aromatic heterocycles. The van der Waals surface area contributed by atoms with E-state index in [4.69, 9.17) is 14.2 Å². The quantitative estimate of drug-likeness (QED) is 0.0262. The molecule has 6 nitrogen and oxygen atoms in total. The fourth-order valence-corrected chi connectivity index (χ4v) is 7.70. The van der Waals surface area contributed by atoms with Crippen LogP contribution in [0.1, 0.15) is 271 Å². The Kier molecular flexibility index (Phi) is 51.9. The van der Waals surface area contributed by atoms with Gasteiger partial charge in [0, 0.05) is 19.3 Å². The van der Waals surface area contributed by atoms with Crippen molar-refractivity contribution in [2.45, 2.75) is 277 Å². The zero-order chi connectivity index (χ0) is 47.9. The average Bonchev–Trinajstić information content (AvgIpc) is 3.31. The van der Waals surface area contributed by atoms with Crippen LogP contribution in [0.2, 0.25) is 0 Å². The van der Waals surface area contributed by atoms with Gasteiger partial charge in [-0.15, -0.1) is 0 Å². The summed E-state index contributed by atoms with van der Waals surface area (Å²) < 4.78 is 16.8. The molecule has 66 heavy (non-hydrogen) atoms. The van der Waals surface area contributed by atoms with Crippen molar-refractivity contribution < 1.29 is 28.6 Å². The van der Waals surface area contributed by atoms with Crippen LogP contribution in [-0.2, 0) is 28.6 Å². The summed E-state index contributed by atoms with van der Waals surface area (Å²) in [5.41, 5.74) is 0. The van der Waals surface area contributed by atoms with Gasteiger partial charge in [-0.2, -0.15) is 0 Å². The molecule has 0 heterocycles. The Hall–Kier alpha value is -3.15. The van der Waals surface area contributed by atoms with Crippen LogP contribution in [0, 0.1) is 0 Å². The number of allylic oxidation sites excluding steroid dienone is 12. The lowest BCUT2D eigenvalue weighted by molar-refractivity contribution is -0.167. The van der Waals surface area contributed by atoms with E-state index in [9.17, 15) is 14.4 Å². The van der Waals surface area contributed by atoms with Crippen molar-refractivity contribution in [1.29, 1.82) is 0 Å². The molecule has 0 saturated carbocycles. The minimum absolute atomic E-state index is 0.0876. The van der Waals surface area contributed by atoms with Gasteiger partial charge in [0.25, 0.3) is 0 Å². The Balaban J connectivity index is 4.35. The van der Waals surface area contributed by atoms with E-state index >= 15 is 0 Å². The van der Waals surface area contributed by atoms with Crippen molar-refractivity contribution in [1.82, 2.24) is 0 Å². The maximum Gasteiger partial charge on any atom is 0.306 e. The Labute approximate surface area is 408 Å². The molecule has 0 aliphatic rings. The Morgan fingerprint density at radius 1 is 0.318 bits per heavy atom. The third kappa shape index (κ3) is 51.8. The molecule has 0 aromatic carbocycles. The molecule has 0 aliphatic heterocycles. The summed E-state index contributed by atoms with van der Waals surface area (Å²) in [6, 6.07) is 0. The Bertz CT molecular complexity index is 1240. The van der Waals surface area contributed by atoms with Crippen LogP contribution in [0.3, 0.4) is 0 Å². The van der Waals surface area contributed by atoms with Crippen LogP contribution < -0.4 is 0 Å². The van der Waals surface area contributed by atoms with Gasteiger partial charge in [0.2, 0.25) is 0 Å². The zero-order valence-electron chi connectivity index (χ0n) is 43.4. The predicted molar refractivity (Wildman–Crippen MR) is 284 cm³/mol. The van der Waals surface area contributed by atoms with E-state index < -0.39 is 6.10 Å². The molecule has 0 N–H and O–H groups in total. The number of unbranched alkanes of at least 4 members (excludes halogenated alkanes) is 27. The minimum Gasteiger partial charge on any atom is -0.462 e. The molecular formula is C60H104O6. The van der Waals surface area contributed by atoms with Gasteiger partial charge in [-0.1, -0.05) is 222 Å². The average molecular weight is 921 g/mol. The molecule has 0 radical (unpaired) electrons. The molecule has 0 fully saturated rings. The number of esters is 3. The fraction of sp³-hybridized carbons (Fsp3) is 0.750. The van der Waals surface area contributed by atoms with E-state index in [2.05, 4.69) is 93.7 Å². The van der Waals surface area contributed by atoms with E-state index in [-0.39, 0.29) is 31.1 Å². The van der Waals surface area contributed by atoms with Gasteiger partial charge >= 0.3 is 17.9 Å². The molecule has 0 aromatic rings. The van der Waals surface area contributed by atoms with Gasteiger partial charge in [-0.25, -0.2) is 0 Å². The standard InChI is InChI=1S/C60H104O6/c1-4-7-10-13-16-19-22-24-26-28-30-32-34-36-38-41-44-47-50-53-59(62)65-56-57(55-64-58(61)52-49-46-43-40-21-18-15-12-9-6-3)66-60(63)54-51-48-45-42-39-37-35-33-31-29-27-25-23-20-17-14-11-8-5-2/h7,10,15-16,18-19,24,26,29-32,57H,4-6,8-9,11-14,17,20-23,25,27-28,33-56H2,1-3H3/b10-7-,18-15-,19-16-,26-24-,31-29-,32-30-. The van der Waals surface area contributed by atoms with Crippen LogP contribution in [0.25, 0.3) is 0 Å². The molecule has 1 atom stereocenters. The molecule has 380 valence electrons. The summed E-state index contributed by atoms with van der Waals surface area (Å²) in [5.74, 6) is -0.913. The number of carbonyl (C=O) groups is 3. The molecule has 0 saturated heterocycles. The lowest BCUT2D eigenvalue weighted by Gasteiger charge is -2.18. The van der Waals surface area contributed by atoms with Gasteiger partial charge in [-0.05, 0) is 103 Å². The third-order valence-electron chi connectivity index (χ3n) is 11.9. The van der Waals surface area contributed by atoms with Crippen LogP contribution in [0.4, 0.5) is 0 Å². The third-order valence-corrected chi connectivity index (χ3v) is 11.9. The first-order chi connectivity index (χ1) is 32.5. The van der Waals surface area contributed by atoms with Gasteiger partial charge in [0.1, 0.15) is 13.2 Å². The number of hydrogen-bond donors (Lipinski definition) is 0. The number of carbonyl (C=O) groups excluding carboxylic acids is 3. The van der Waals surface area contributed by atoms with Gasteiger partial charge < -0.3 is 14.2 Å². The van der Waals surface area contributed by atoms with E-state index in [1.165, 1.54) is 122 Å². The summed E-state index contributed by atoms with van der Waals surface area (Å²) in [7, 11) is 0. The summed E-state index contributed by atoms with van der Waals surface area (Å²) in [4.78, 5) is 38.0. The highest BCUT2D eigenvalue weighted by atomic mass is 16.6. The lowest BCUT2D eigenvalue weighted by Crippen LogP contribution is -2.30. The second-order valence-electron chi connectivity index (χ2n) is 18.5. The largest absolute Gasteiger partial charge is 0.462 e. The van der Waals surface area contributed by atoms with Crippen molar-refractivity contribution in [3.63, 3.8) is 0 Å². The Morgan fingerprint density at radius 2 is 0.606 bits per heavy atom. The van der Waals surface area contributed by atoms with Crippen molar-refractivity contribution in [2.24, 2.45) is 0 Å². The first-order valence-electron chi connectivity index (χ1n) is 27.9. The zero-order valence-corrected chi connectivity index (χ0v) is 43.4. The summed E-state index contributed by atoms with van der Waals surface area (Å²) in [6.07, 6.45) is 68.9. The molecule has 1 unspecified atom stereocenters. The molecule has 6 heteroatoms. The van der Waals surface area contributed by atoms with E-state index in [1.807, 2.05) is 0 Å². The Morgan fingerprint density at radius 3 is 0.985 bits per heavy atom. The van der Waals surface area contributed by atoms with Gasteiger partial charge in [-0.3, -0.25) is 14.4 Å². The van der Waals surface area contributed by atoms with Crippen LogP contribution >= 0.6 is 0 Å². The maximum atomic E-state index is 12.8. The molecule has 0 aliphatic carbocycles. The van der Waals surface area contributed by atoms with Gasteiger partial charge in [0.05, 0.1) is 0 Å². The smallest absolute Gasteiger partial charge is 0.306 e. The maximum absolute atomic E-state index is 12.8. The molecule has 0 bridgehead atoms. The van der Waals surface area contributed by atoms with Crippen LogP contribution in [-0.4, -0.2) is 37.2 Å². The lowest BCUT2D eigenvalue weighted by atomic mass is 10.1. The summed E-state index contributed by atoms with van der Waals surface area (Å²) in [5, 5.41) is 0. The summed E-state index contributed by atoms with van der Waals surface area (Å²) >= 11 is 0. The predicted octanol–water partition coefficient (Wildman–Crippen LogP) is 18.6. The van der Waals surface area contributed by atoms with Crippen molar-refractivity contribution in [2.75, 3.05) is 13.2 Å². The highest BCUT2D eigenvalue weighted by Crippen LogP contribution is 2.15. The highest BCUT2D eigenvalue weighted by molar-refractivity contribution is 5.71. The van der Waals surface area contributed by atoms with Crippen molar-refractivity contribution in [3.05, 3.63) is 72.9 Å². The highest BCUT2D eigenvalue weighted by Gasteiger charge is 2.19.